The van der Waals surface area contributed by atoms with Crippen LogP contribution in [-0.4, -0.2) is 59.6 Å². The quantitative estimate of drug-likeness (QED) is 0.442. The fraction of sp³-hybridized carbons (Fsp3) is 0.889. The lowest BCUT2D eigenvalue weighted by atomic mass is 9.91. The number of carbonyl (C=O) groups is 1. The van der Waals surface area contributed by atoms with Crippen molar-refractivity contribution in [2.45, 2.75) is 41.7 Å². The van der Waals surface area contributed by atoms with Crippen LogP contribution in [0.5, 0.6) is 0 Å². The Hall–Kier alpha value is -1.78. The second-order valence-electron chi connectivity index (χ2n) is 4.63. The average Bonchev–Trinajstić information content (AvgIpc) is 2.42. The van der Waals surface area contributed by atoms with E-state index in [1.54, 1.807) is 0 Å². The van der Waals surface area contributed by atoms with Crippen LogP contribution < -0.4 is 0 Å². The van der Waals surface area contributed by atoms with Crippen molar-refractivity contribution >= 4 is 6.16 Å². The predicted molar refractivity (Wildman–Crippen MR) is 49.7 cm³/mol. The van der Waals surface area contributed by atoms with Crippen molar-refractivity contribution in [1.82, 2.24) is 0 Å². The van der Waals surface area contributed by atoms with Crippen molar-refractivity contribution in [2.75, 3.05) is 6.61 Å². The smallest absolute Gasteiger partial charge is 0.450 e. The van der Waals surface area contributed by atoms with Gasteiger partial charge in [0.1, 0.15) is 0 Å². The van der Waals surface area contributed by atoms with Gasteiger partial charge in [0, 0.05) is 0 Å². The molecule has 0 rings (SSSR count). The zero-order chi connectivity index (χ0) is 22.5. The van der Waals surface area contributed by atoms with Crippen molar-refractivity contribution in [3.05, 3.63) is 0 Å². The molecule has 0 aliphatic rings. The monoisotopic (exact) mass is 444 g/mol. The summed E-state index contributed by atoms with van der Waals surface area (Å²) in [7, 11) is 0. The summed E-state index contributed by atoms with van der Waals surface area (Å²) >= 11 is 0. The van der Waals surface area contributed by atoms with Gasteiger partial charge in [-0.3, -0.25) is 0 Å². The van der Waals surface area contributed by atoms with E-state index in [4.69, 9.17) is 5.11 Å². The molecule has 0 aliphatic carbocycles. The fourth-order valence-electron chi connectivity index (χ4n) is 1.24. The minimum atomic E-state index is -8.41. The van der Waals surface area contributed by atoms with Crippen LogP contribution in [0.4, 0.5) is 70.7 Å². The van der Waals surface area contributed by atoms with Crippen molar-refractivity contribution < 1.29 is 80.5 Å². The van der Waals surface area contributed by atoms with Gasteiger partial charge in [0.05, 0.1) is 0 Å². The molecule has 0 aromatic heterocycles. The van der Waals surface area contributed by atoms with E-state index in [0.29, 0.717) is 0 Å². The van der Waals surface area contributed by atoms with Crippen molar-refractivity contribution in [3.8, 4) is 0 Å². The minimum Gasteiger partial charge on any atom is -0.450 e. The lowest BCUT2D eigenvalue weighted by Gasteiger charge is -2.41. The number of rotatable bonds is 7. The molecule has 0 aromatic rings. The summed E-state index contributed by atoms with van der Waals surface area (Å²) < 4.78 is 192. The van der Waals surface area contributed by atoms with Crippen LogP contribution in [0, 0.1) is 0 Å². The van der Waals surface area contributed by atoms with E-state index in [0.717, 1.165) is 0 Å². The van der Waals surface area contributed by atoms with Gasteiger partial charge in [0.2, 0.25) is 0 Å². The third kappa shape index (κ3) is 3.53. The number of halogens is 15. The maximum Gasteiger partial charge on any atom is 0.505 e. The minimum absolute atomic E-state index is 2.70. The van der Waals surface area contributed by atoms with Gasteiger partial charge in [-0.2, -0.15) is 65.9 Å². The molecule has 0 spiro atoms. The van der Waals surface area contributed by atoms with Crippen molar-refractivity contribution in [2.24, 2.45) is 0 Å². The van der Waals surface area contributed by atoms with E-state index in [1.165, 1.54) is 0 Å². The highest BCUT2D eigenvalue weighted by Gasteiger charge is 2.93. The first-order valence-electron chi connectivity index (χ1n) is 5.61. The molecular weight excluding hydrogens is 441 g/mol. The molecule has 0 saturated carbocycles. The highest BCUT2D eigenvalue weighted by Crippen LogP contribution is 2.62. The third-order valence-electron chi connectivity index (χ3n) is 2.77. The Balaban J connectivity index is 6.34. The molecule has 3 nitrogen and oxygen atoms in total. The Bertz CT molecular complexity index is 563. The maximum absolute atomic E-state index is 13.0. The molecule has 0 fully saturated rings. The molecule has 0 atom stereocenters. The molecule has 0 aromatic carbocycles. The number of carboxylic acid groups (broad SMARTS) is 1. The molecule has 0 unspecified atom stereocenters. The van der Waals surface area contributed by atoms with Gasteiger partial charge in [0.15, 0.2) is 6.61 Å². The predicted octanol–water partition coefficient (Wildman–Crippen LogP) is 5.06. The summed E-state index contributed by atoms with van der Waals surface area (Å²) in [5.41, 5.74) is 0. The Morgan fingerprint density at radius 3 is 1.19 bits per heavy atom. The number of hydrogen-bond acceptors (Lipinski definition) is 2. The molecule has 0 saturated heterocycles. The van der Waals surface area contributed by atoms with Crippen molar-refractivity contribution in [1.29, 1.82) is 0 Å². The molecule has 18 heteroatoms. The van der Waals surface area contributed by atoms with Crippen LogP contribution in [-0.2, 0) is 4.74 Å². The van der Waals surface area contributed by atoms with Crippen LogP contribution in [0.15, 0.2) is 0 Å². The van der Waals surface area contributed by atoms with Gasteiger partial charge in [-0.05, 0) is 0 Å². The summed E-state index contributed by atoms with van der Waals surface area (Å²) in [4.78, 5) is 9.74. The Labute approximate surface area is 136 Å². The van der Waals surface area contributed by atoms with E-state index in [9.17, 15) is 70.7 Å². The molecule has 0 bridgehead atoms. The Morgan fingerprint density at radius 2 is 0.889 bits per heavy atom. The van der Waals surface area contributed by atoms with Crippen LogP contribution >= 0.6 is 0 Å². The van der Waals surface area contributed by atoms with E-state index < -0.39 is 54.5 Å². The van der Waals surface area contributed by atoms with Gasteiger partial charge in [-0.15, -0.1) is 0 Å². The van der Waals surface area contributed by atoms with E-state index in [2.05, 4.69) is 4.74 Å². The van der Waals surface area contributed by atoms with E-state index >= 15 is 0 Å². The highest BCUT2D eigenvalue weighted by atomic mass is 19.4. The first-order valence-corrected chi connectivity index (χ1v) is 5.61. The second kappa shape index (κ2) is 6.39. The van der Waals surface area contributed by atoms with Crippen LogP contribution in [0.1, 0.15) is 0 Å². The molecular formula is C9H3F15O3. The zero-order valence-electron chi connectivity index (χ0n) is 11.6. The van der Waals surface area contributed by atoms with Gasteiger partial charge in [-0.25, -0.2) is 4.79 Å². The molecule has 0 amide bonds. The summed E-state index contributed by atoms with van der Waals surface area (Å²) in [6.07, 6.45) is -10.5. The molecule has 0 heterocycles. The standard InChI is InChI=1S/C9H3F15O3/c10-3(11,1-27-2(25)26)4(12,13)5(14,15)6(16,17)7(18,19)8(20,21)9(22,23)24/h1H2,(H,25,26). The maximum atomic E-state index is 13.0. The number of ether oxygens (including phenoxy) is 1. The lowest BCUT2D eigenvalue weighted by molar-refractivity contribution is -0.453. The van der Waals surface area contributed by atoms with Gasteiger partial charge in [-0.1, -0.05) is 0 Å². The Morgan fingerprint density at radius 1 is 0.593 bits per heavy atom. The molecule has 27 heavy (non-hydrogen) atoms. The van der Waals surface area contributed by atoms with Gasteiger partial charge < -0.3 is 9.84 Å². The largest absolute Gasteiger partial charge is 0.505 e. The summed E-state index contributed by atoms with van der Waals surface area (Å²) in [6.45, 7) is -3.36. The summed E-state index contributed by atoms with van der Waals surface area (Å²) in [5, 5.41) is 7.75. The second-order valence-corrected chi connectivity index (χ2v) is 4.63. The van der Waals surface area contributed by atoms with Crippen LogP contribution in [0.3, 0.4) is 0 Å². The van der Waals surface area contributed by atoms with Crippen LogP contribution in [0.2, 0.25) is 0 Å². The Kier molecular flexibility index (Phi) is 5.97. The zero-order valence-corrected chi connectivity index (χ0v) is 11.6. The normalized spacial score (nSPS) is 15.7. The van der Waals surface area contributed by atoms with Crippen molar-refractivity contribution in [3.63, 3.8) is 0 Å². The summed E-state index contributed by atoms with van der Waals surface area (Å²) in [5.74, 6) is -47.6. The molecule has 162 valence electrons. The molecule has 0 aliphatic heterocycles. The van der Waals surface area contributed by atoms with Gasteiger partial charge in [0.25, 0.3) is 0 Å². The summed E-state index contributed by atoms with van der Waals surface area (Å²) in [6, 6.07) is 0. The van der Waals surface area contributed by atoms with Gasteiger partial charge >= 0.3 is 47.9 Å². The van der Waals surface area contributed by atoms with E-state index in [-0.39, 0.29) is 0 Å². The molecule has 1 N–H and O–H groups in total. The number of hydrogen-bond donors (Lipinski definition) is 1. The first-order chi connectivity index (χ1) is 11.4. The third-order valence-corrected chi connectivity index (χ3v) is 2.77. The highest BCUT2D eigenvalue weighted by molar-refractivity contribution is 5.56. The number of alkyl halides is 15. The topological polar surface area (TPSA) is 46.5 Å². The first kappa shape index (κ1) is 25.2. The lowest BCUT2D eigenvalue weighted by Crippen LogP contribution is -2.73. The van der Waals surface area contributed by atoms with E-state index in [1.807, 2.05) is 0 Å². The average molecular weight is 444 g/mol. The SMILES string of the molecule is O=C(O)OCC(F)(F)C(F)(F)C(F)(F)C(F)(F)C(F)(F)C(F)(F)C(F)(F)F. The molecule has 0 radical (unpaired) electrons. The fourth-order valence-corrected chi connectivity index (χ4v) is 1.24. The van der Waals surface area contributed by atoms with Crippen LogP contribution in [0.25, 0.3) is 0 Å².